The van der Waals surface area contributed by atoms with Crippen LogP contribution in [0.15, 0.2) is 29.2 Å². The number of benzene rings is 1. The van der Waals surface area contributed by atoms with Gasteiger partial charge in [0.05, 0.1) is 10.6 Å². The predicted octanol–water partition coefficient (Wildman–Crippen LogP) is 0.656. The van der Waals surface area contributed by atoms with E-state index in [1.54, 1.807) is 12.1 Å². The van der Waals surface area contributed by atoms with Crippen LogP contribution in [0.3, 0.4) is 0 Å². The summed E-state index contributed by atoms with van der Waals surface area (Å²) in [6.07, 6.45) is 1.66. The van der Waals surface area contributed by atoms with Gasteiger partial charge in [-0.15, -0.1) is 0 Å². The van der Waals surface area contributed by atoms with Gasteiger partial charge in [0.1, 0.15) is 5.82 Å². The Hall–Kier alpha value is -2.72. The van der Waals surface area contributed by atoms with Crippen molar-refractivity contribution in [2.75, 3.05) is 30.0 Å². The summed E-state index contributed by atoms with van der Waals surface area (Å²) in [5.74, 6) is -0.107. The Morgan fingerprint density at radius 3 is 2.54 bits per heavy atom. The van der Waals surface area contributed by atoms with Crippen LogP contribution in [0.2, 0.25) is 0 Å². The van der Waals surface area contributed by atoms with E-state index in [-0.39, 0.29) is 16.4 Å². The van der Waals surface area contributed by atoms with Gasteiger partial charge < -0.3 is 22.1 Å². The standard InChI is InChI=1S/C16H22N6O3S/c1-3-12-15(19-8-7-17)22-16(13(21-12)14(18)23)20-10-5-4-6-11(9-10)26(2,24)25/h4-6,9H,3,7-8,17H2,1-2H3,(H2,18,23)(H2,19,20,22). The lowest BCUT2D eigenvalue weighted by atomic mass is 10.2. The van der Waals surface area contributed by atoms with Gasteiger partial charge in [0.15, 0.2) is 21.3 Å². The average Bonchev–Trinajstić information content (AvgIpc) is 2.59. The highest BCUT2D eigenvalue weighted by Gasteiger charge is 2.17. The van der Waals surface area contributed by atoms with E-state index in [1.807, 2.05) is 6.92 Å². The molecule has 9 nitrogen and oxygen atoms in total. The van der Waals surface area contributed by atoms with E-state index in [0.717, 1.165) is 6.26 Å². The van der Waals surface area contributed by atoms with Crippen molar-refractivity contribution in [3.8, 4) is 0 Å². The third-order valence-corrected chi connectivity index (χ3v) is 4.61. The van der Waals surface area contributed by atoms with Crippen LogP contribution in [0.5, 0.6) is 0 Å². The van der Waals surface area contributed by atoms with Crippen LogP contribution in [-0.2, 0) is 16.3 Å². The molecule has 1 amide bonds. The molecule has 26 heavy (non-hydrogen) atoms. The van der Waals surface area contributed by atoms with Gasteiger partial charge in [-0.05, 0) is 24.6 Å². The molecular weight excluding hydrogens is 356 g/mol. The topological polar surface area (TPSA) is 153 Å². The molecule has 2 rings (SSSR count). The lowest BCUT2D eigenvalue weighted by Gasteiger charge is -2.15. The molecule has 1 aromatic heterocycles. The highest BCUT2D eigenvalue weighted by atomic mass is 32.2. The molecule has 0 atom stereocenters. The monoisotopic (exact) mass is 378 g/mol. The van der Waals surface area contributed by atoms with Crippen LogP contribution in [0.4, 0.5) is 17.3 Å². The van der Waals surface area contributed by atoms with E-state index in [0.29, 0.717) is 36.7 Å². The van der Waals surface area contributed by atoms with Gasteiger partial charge in [0.25, 0.3) is 5.91 Å². The van der Waals surface area contributed by atoms with Gasteiger partial charge in [-0.25, -0.2) is 18.4 Å². The zero-order chi connectivity index (χ0) is 19.3. The largest absolute Gasteiger partial charge is 0.367 e. The number of rotatable bonds is 8. The summed E-state index contributed by atoms with van der Waals surface area (Å²) in [6.45, 7) is 2.77. The number of aromatic nitrogens is 2. The van der Waals surface area contributed by atoms with E-state index in [2.05, 4.69) is 20.6 Å². The summed E-state index contributed by atoms with van der Waals surface area (Å²) in [7, 11) is -3.37. The molecule has 0 aliphatic heterocycles. The summed E-state index contributed by atoms with van der Waals surface area (Å²) in [4.78, 5) is 20.6. The Bertz CT molecular complexity index is 914. The number of nitrogens with one attached hydrogen (secondary N) is 2. The van der Waals surface area contributed by atoms with E-state index < -0.39 is 15.7 Å². The minimum atomic E-state index is -3.37. The van der Waals surface area contributed by atoms with Crippen LogP contribution in [0.25, 0.3) is 0 Å². The summed E-state index contributed by atoms with van der Waals surface area (Å²) < 4.78 is 23.4. The number of hydrogen-bond donors (Lipinski definition) is 4. The van der Waals surface area contributed by atoms with Crippen molar-refractivity contribution in [2.24, 2.45) is 11.5 Å². The molecule has 0 unspecified atom stereocenters. The van der Waals surface area contributed by atoms with Crippen LogP contribution >= 0.6 is 0 Å². The molecule has 0 bridgehead atoms. The van der Waals surface area contributed by atoms with Gasteiger partial charge in [-0.2, -0.15) is 0 Å². The Morgan fingerprint density at radius 1 is 1.23 bits per heavy atom. The normalized spacial score (nSPS) is 11.2. The molecular formula is C16H22N6O3S. The number of carbonyl (C=O) groups is 1. The first-order chi connectivity index (χ1) is 12.3. The summed E-state index contributed by atoms with van der Waals surface area (Å²) >= 11 is 0. The van der Waals surface area contributed by atoms with Crippen LogP contribution in [0.1, 0.15) is 23.1 Å². The van der Waals surface area contributed by atoms with Crippen molar-refractivity contribution in [1.29, 1.82) is 0 Å². The fourth-order valence-electron chi connectivity index (χ4n) is 2.25. The number of nitrogens with zero attached hydrogens (tertiary/aromatic N) is 2. The quantitative estimate of drug-likeness (QED) is 0.522. The second kappa shape index (κ2) is 8.11. The number of aryl methyl sites for hydroxylation is 1. The van der Waals surface area contributed by atoms with Crippen LogP contribution < -0.4 is 22.1 Å². The van der Waals surface area contributed by atoms with E-state index >= 15 is 0 Å². The first-order valence-electron chi connectivity index (χ1n) is 7.98. The fourth-order valence-corrected chi connectivity index (χ4v) is 2.92. The molecule has 0 aliphatic carbocycles. The summed E-state index contributed by atoms with van der Waals surface area (Å²) in [5, 5.41) is 5.98. The fraction of sp³-hybridized carbons (Fsp3) is 0.312. The van der Waals surface area contributed by atoms with Crippen molar-refractivity contribution in [1.82, 2.24) is 9.97 Å². The Kier molecular flexibility index (Phi) is 6.11. The number of carbonyl (C=O) groups excluding carboxylic acids is 1. The maximum Gasteiger partial charge on any atom is 0.271 e. The van der Waals surface area contributed by atoms with Gasteiger partial charge in [0, 0.05) is 25.0 Å². The molecule has 10 heteroatoms. The van der Waals surface area contributed by atoms with Crippen LogP contribution in [0, 0.1) is 0 Å². The van der Waals surface area contributed by atoms with Crippen molar-refractivity contribution in [3.05, 3.63) is 35.7 Å². The molecule has 1 heterocycles. The predicted molar refractivity (Wildman–Crippen MR) is 100 cm³/mol. The van der Waals surface area contributed by atoms with Gasteiger partial charge in [0.2, 0.25) is 0 Å². The van der Waals surface area contributed by atoms with Gasteiger partial charge >= 0.3 is 0 Å². The molecule has 0 radical (unpaired) electrons. The van der Waals surface area contributed by atoms with E-state index in [9.17, 15) is 13.2 Å². The second-order valence-corrected chi connectivity index (χ2v) is 7.59. The number of hydrogen-bond acceptors (Lipinski definition) is 8. The molecule has 140 valence electrons. The minimum Gasteiger partial charge on any atom is -0.367 e. The van der Waals surface area contributed by atoms with Crippen LogP contribution in [-0.4, -0.2) is 43.6 Å². The number of anilines is 3. The molecule has 2 aromatic rings. The Morgan fingerprint density at radius 2 is 1.96 bits per heavy atom. The van der Waals surface area contributed by atoms with E-state index in [4.69, 9.17) is 11.5 Å². The molecule has 1 aromatic carbocycles. The first kappa shape index (κ1) is 19.6. The van der Waals surface area contributed by atoms with Crippen molar-refractivity contribution < 1.29 is 13.2 Å². The number of amides is 1. The zero-order valence-electron chi connectivity index (χ0n) is 14.6. The molecule has 0 fully saturated rings. The lowest BCUT2D eigenvalue weighted by molar-refractivity contribution is 0.0996. The van der Waals surface area contributed by atoms with Crippen molar-refractivity contribution in [2.45, 2.75) is 18.2 Å². The highest BCUT2D eigenvalue weighted by molar-refractivity contribution is 7.90. The third-order valence-electron chi connectivity index (χ3n) is 3.50. The maximum atomic E-state index is 11.8. The SMILES string of the molecule is CCc1nc(C(N)=O)c(Nc2cccc(S(C)(=O)=O)c2)nc1NCCN. The smallest absolute Gasteiger partial charge is 0.271 e. The average molecular weight is 378 g/mol. The minimum absolute atomic E-state index is 0.0232. The highest BCUT2D eigenvalue weighted by Crippen LogP contribution is 2.24. The third kappa shape index (κ3) is 4.67. The second-order valence-electron chi connectivity index (χ2n) is 5.57. The molecule has 0 saturated carbocycles. The molecule has 0 spiro atoms. The van der Waals surface area contributed by atoms with Gasteiger partial charge in [-0.1, -0.05) is 13.0 Å². The number of sulfone groups is 1. The lowest BCUT2D eigenvalue weighted by Crippen LogP contribution is -2.21. The zero-order valence-corrected chi connectivity index (χ0v) is 15.4. The molecule has 0 aliphatic rings. The maximum absolute atomic E-state index is 11.8. The summed E-state index contributed by atoms with van der Waals surface area (Å²) in [6, 6.07) is 6.17. The summed E-state index contributed by atoms with van der Waals surface area (Å²) in [5.41, 5.74) is 11.9. The number of nitrogens with two attached hydrogens (primary N) is 2. The Labute approximate surface area is 152 Å². The first-order valence-corrected chi connectivity index (χ1v) is 9.87. The molecule has 6 N–H and O–H groups in total. The van der Waals surface area contributed by atoms with Crippen molar-refractivity contribution in [3.63, 3.8) is 0 Å². The number of primary amides is 1. The van der Waals surface area contributed by atoms with E-state index in [1.165, 1.54) is 12.1 Å². The molecule has 0 saturated heterocycles. The Balaban J connectivity index is 2.48. The van der Waals surface area contributed by atoms with Crippen molar-refractivity contribution >= 4 is 33.1 Å². The van der Waals surface area contributed by atoms with Gasteiger partial charge in [-0.3, -0.25) is 4.79 Å².